The number of ether oxygens (including phenoxy) is 1. The molecule has 1 atom stereocenters. The number of hydrogen-bond acceptors (Lipinski definition) is 3. The molecule has 0 aromatic heterocycles. The Morgan fingerprint density at radius 1 is 0.931 bits per heavy atom. The van der Waals surface area contributed by atoms with Gasteiger partial charge in [0.15, 0.2) is 5.78 Å². The minimum atomic E-state index is -0.571. The zero-order valence-corrected chi connectivity index (χ0v) is 16.1. The Morgan fingerprint density at radius 2 is 1.55 bits per heavy atom. The maximum absolute atomic E-state index is 13.5. The first-order valence-corrected chi connectivity index (χ1v) is 9.62. The van der Waals surface area contributed by atoms with Crippen molar-refractivity contribution >= 4 is 23.6 Å². The molecule has 3 aromatic rings. The number of Topliss-reactive ketones (excluding diaryl/α,β-unsaturated/α-hetero) is 1. The Bertz CT molecular complexity index is 1060. The summed E-state index contributed by atoms with van der Waals surface area (Å²) in [6, 6.07) is 25.9. The van der Waals surface area contributed by atoms with Gasteiger partial charge in [-0.25, -0.2) is 4.79 Å². The monoisotopic (exact) mass is 383 g/mol. The van der Waals surface area contributed by atoms with E-state index in [1.54, 1.807) is 24.0 Å². The van der Waals surface area contributed by atoms with Gasteiger partial charge in [-0.3, -0.25) is 9.69 Å². The van der Waals surface area contributed by atoms with E-state index in [9.17, 15) is 9.59 Å². The van der Waals surface area contributed by atoms with E-state index in [-0.39, 0.29) is 12.4 Å². The molecule has 4 nitrogen and oxygen atoms in total. The summed E-state index contributed by atoms with van der Waals surface area (Å²) in [6.45, 7) is 2.03. The van der Waals surface area contributed by atoms with Crippen LogP contribution >= 0.6 is 0 Å². The molecule has 3 aromatic carbocycles. The molecule has 0 spiro atoms. The van der Waals surface area contributed by atoms with Crippen LogP contribution in [0.3, 0.4) is 0 Å². The number of fused-ring (bicyclic) bond motifs is 1. The van der Waals surface area contributed by atoms with Gasteiger partial charge in [-0.15, -0.1) is 0 Å². The molecule has 1 aliphatic rings. The molecular formula is C25H21NO3. The Kier molecular flexibility index (Phi) is 5.25. The van der Waals surface area contributed by atoms with Gasteiger partial charge in [0.1, 0.15) is 0 Å². The number of rotatable bonds is 3. The number of ketones is 1. The van der Waals surface area contributed by atoms with Gasteiger partial charge in [0.05, 0.1) is 18.3 Å². The first-order chi connectivity index (χ1) is 14.2. The molecule has 0 saturated carbocycles. The number of anilines is 1. The predicted octanol–water partition coefficient (Wildman–Crippen LogP) is 5.67. The predicted molar refractivity (Wildman–Crippen MR) is 114 cm³/mol. The smallest absolute Gasteiger partial charge is 0.415 e. The number of amides is 1. The maximum Gasteiger partial charge on any atom is 0.415 e. The molecule has 144 valence electrons. The zero-order valence-electron chi connectivity index (χ0n) is 16.1. The molecule has 0 saturated heterocycles. The lowest BCUT2D eigenvalue weighted by Crippen LogP contribution is -2.42. The van der Waals surface area contributed by atoms with Crippen molar-refractivity contribution in [3.8, 4) is 0 Å². The van der Waals surface area contributed by atoms with Crippen LogP contribution in [-0.4, -0.2) is 18.5 Å². The lowest BCUT2D eigenvalue weighted by Gasteiger charge is -2.37. The summed E-state index contributed by atoms with van der Waals surface area (Å²) in [6.07, 6.45) is 1.39. The normalized spacial score (nSPS) is 17.1. The molecule has 4 heteroatoms. The van der Waals surface area contributed by atoms with Gasteiger partial charge < -0.3 is 4.74 Å². The SMILES string of the molecule is CCOC(=O)N1c2ccccc2C(=O)/C(=C/c2ccccc2)C1c1ccccc1. The molecular weight excluding hydrogens is 362 g/mol. The Labute approximate surface area is 170 Å². The van der Waals surface area contributed by atoms with Gasteiger partial charge in [0.2, 0.25) is 0 Å². The van der Waals surface area contributed by atoms with Crippen molar-refractivity contribution in [3.63, 3.8) is 0 Å². The zero-order chi connectivity index (χ0) is 20.2. The van der Waals surface area contributed by atoms with Crippen LogP contribution in [0.2, 0.25) is 0 Å². The number of carbonyl (C=O) groups excluding carboxylic acids is 2. The summed E-state index contributed by atoms with van der Waals surface area (Å²) < 4.78 is 5.37. The van der Waals surface area contributed by atoms with Crippen molar-refractivity contribution < 1.29 is 14.3 Å². The fraction of sp³-hybridized carbons (Fsp3) is 0.120. The van der Waals surface area contributed by atoms with E-state index in [4.69, 9.17) is 4.74 Å². The third kappa shape index (κ3) is 3.57. The lowest BCUT2D eigenvalue weighted by atomic mass is 9.85. The average Bonchev–Trinajstić information content (AvgIpc) is 2.77. The Hall–Kier alpha value is -3.66. The maximum atomic E-state index is 13.5. The highest BCUT2D eigenvalue weighted by atomic mass is 16.6. The van der Waals surface area contributed by atoms with E-state index in [0.29, 0.717) is 16.8 Å². The molecule has 29 heavy (non-hydrogen) atoms. The van der Waals surface area contributed by atoms with Gasteiger partial charge in [0.25, 0.3) is 0 Å². The van der Waals surface area contributed by atoms with Gasteiger partial charge in [0, 0.05) is 11.1 Å². The fourth-order valence-electron chi connectivity index (χ4n) is 3.67. The molecule has 1 heterocycles. The third-order valence-corrected chi connectivity index (χ3v) is 4.92. The van der Waals surface area contributed by atoms with Gasteiger partial charge in [-0.1, -0.05) is 72.8 Å². The van der Waals surface area contributed by atoms with Crippen molar-refractivity contribution in [2.75, 3.05) is 11.5 Å². The molecule has 0 fully saturated rings. The minimum Gasteiger partial charge on any atom is -0.449 e. The minimum absolute atomic E-state index is 0.0844. The van der Waals surface area contributed by atoms with E-state index in [0.717, 1.165) is 11.1 Å². The van der Waals surface area contributed by atoms with E-state index < -0.39 is 12.1 Å². The summed E-state index contributed by atoms with van der Waals surface area (Å²) in [5, 5.41) is 0. The van der Waals surface area contributed by atoms with Crippen molar-refractivity contribution in [1.82, 2.24) is 0 Å². The van der Waals surface area contributed by atoms with E-state index in [1.165, 1.54) is 0 Å². The van der Waals surface area contributed by atoms with E-state index in [1.807, 2.05) is 78.9 Å². The summed E-state index contributed by atoms with van der Waals surface area (Å²) >= 11 is 0. The van der Waals surface area contributed by atoms with E-state index >= 15 is 0 Å². The van der Waals surface area contributed by atoms with Crippen LogP contribution in [0.25, 0.3) is 6.08 Å². The molecule has 1 amide bonds. The molecule has 0 bridgehead atoms. The van der Waals surface area contributed by atoms with Crippen LogP contribution in [0.5, 0.6) is 0 Å². The van der Waals surface area contributed by atoms with Crippen LogP contribution < -0.4 is 4.90 Å². The molecule has 0 N–H and O–H groups in total. The highest BCUT2D eigenvalue weighted by Crippen LogP contribution is 2.42. The van der Waals surface area contributed by atoms with Crippen LogP contribution in [0.1, 0.15) is 34.5 Å². The van der Waals surface area contributed by atoms with Crippen LogP contribution in [0.4, 0.5) is 10.5 Å². The Balaban J connectivity index is 1.97. The van der Waals surface area contributed by atoms with Crippen molar-refractivity contribution in [1.29, 1.82) is 0 Å². The topological polar surface area (TPSA) is 46.6 Å². The lowest BCUT2D eigenvalue weighted by molar-refractivity contribution is 0.102. The largest absolute Gasteiger partial charge is 0.449 e. The second-order valence-corrected chi connectivity index (χ2v) is 6.74. The Morgan fingerprint density at radius 3 is 2.24 bits per heavy atom. The van der Waals surface area contributed by atoms with Crippen LogP contribution in [0.15, 0.2) is 90.5 Å². The number of para-hydroxylation sites is 1. The van der Waals surface area contributed by atoms with E-state index in [2.05, 4.69) is 0 Å². The van der Waals surface area contributed by atoms with Gasteiger partial charge >= 0.3 is 6.09 Å². The number of hydrogen-bond donors (Lipinski definition) is 0. The van der Waals surface area contributed by atoms with Crippen LogP contribution in [-0.2, 0) is 4.74 Å². The first-order valence-electron chi connectivity index (χ1n) is 9.62. The van der Waals surface area contributed by atoms with Crippen molar-refractivity contribution in [3.05, 3.63) is 107 Å². The summed E-state index contributed by atoms with van der Waals surface area (Å²) in [5.74, 6) is -0.0844. The molecule has 0 aliphatic carbocycles. The first kappa shape index (κ1) is 18.7. The van der Waals surface area contributed by atoms with Gasteiger partial charge in [-0.2, -0.15) is 0 Å². The third-order valence-electron chi connectivity index (χ3n) is 4.92. The molecule has 1 aliphatic heterocycles. The summed E-state index contributed by atoms with van der Waals surface area (Å²) in [5.41, 5.74) is 3.35. The highest BCUT2D eigenvalue weighted by molar-refractivity contribution is 6.20. The average molecular weight is 383 g/mol. The number of carbonyl (C=O) groups is 2. The van der Waals surface area contributed by atoms with Crippen molar-refractivity contribution in [2.24, 2.45) is 0 Å². The standard InChI is InChI=1S/C25H21NO3/c1-2-29-25(28)26-22-16-10-9-15-20(22)24(27)21(17-18-11-5-3-6-12-18)23(26)19-13-7-4-8-14-19/h3-17,23H,2H2,1H3/b21-17+. The molecule has 4 rings (SSSR count). The number of nitrogens with zero attached hydrogens (tertiary/aromatic N) is 1. The summed E-state index contributed by atoms with van der Waals surface area (Å²) in [4.78, 5) is 28.1. The quantitative estimate of drug-likeness (QED) is 0.548. The second kappa shape index (κ2) is 8.15. The summed E-state index contributed by atoms with van der Waals surface area (Å²) in [7, 11) is 0. The second-order valence-electron chi connectivity index (χ2n) is 6.74. The van der Waals surface area contributed by atoms with Crippen molar-refractivity contribution in [2.45, 2.75) is 13.0 Å². The van der Waals surface area contributed by atoms with Gasteiger partial charge in [-0.05, 0) is 36.3 Å². The number of benzene rings is 3. The fourth-order valence-corrected chi connectivity index (χ4v) is 3.67. The molecule has 1 unspecified atom stereocenters. The van der Waals surface area contributed by atoms with Crippen LogP contribution in [0, 0.1) is 0 Å². The highest BCUT2D eigenvalue weighted by Gasteiger charge is 2.40. The molecule has 0 radical (unpaired) electrons.